The topological polar surface area (TPSA) is 54.0 Å². The molecule has 0 atom stereocenters. The van der Waals surface area contributed by atoms with Crippen molar-refractivity contribution in [2.24, 2.45) is 0 Å². The number of methoxy groups -OCH3 is 1. The van der Waals surface area contributed by atoms with Crippen LogP contribution in [-0.2, 0) is 23.7 Å². The monoisotopic (exact) mass is 310 g/mol. The molecule has 5 nitrogen and oxygen atoms in total. The van der Waals surface area contributed by atoms with E-state index in [0.29, 0.717) is 13.2 Å². The van der Waals surface area contributed by atoms with Crippen LogP contribution in [0.2, 0.25) is 0 Å². The second kappa shape index (κ2) is 9.03. The van der Waals surface area contributed by atoms with Crippen molar-refractivity contribution in [2.45, 2.75) is 12.1 Å². The highest BCUT2D eigenvalue weighted by molar-refractivity contribution is 5.78. The molecule has 20 heavy (non-hydrogen) atoms. The number of carbonyl (C=O) groups excluding carboxylic acids is 1. The average molecular weight is 310 g/mol. The number of ether oxygens (including phenoxy) is 4. The van der Waals surface area contributed by atoms with Crippen molar-refractivity contribution in [1.29, 1.82) is 0 Å². The van der Waals surface area contributed by atoms with Crippen LogP contribution in [0.25, 0.3) is 0 Å². The van der Waals surface area contributed by atoms with Gasteiger partial charge in [-0.05, 0) is 0 Å². The molecule has 0 aliphatic heterocycles. The maximum Gasteiger partial charge on any atom is 0.465 e. The molecule has 0 aromatic heterocycles. The number of rotatable bonds is 10. The van der Waals surface area contributed by atoms with Crippen molar-refractivity contribution in [3.05, 3.63) is 0 Å². The molecule has 0 amide bonds. The first-order chi connectivity index (χ1) is 9.23. The van der Waals surface area contributed by atoms with E-state index >= 15 is 0 Å². The quantitative estimate of drug-likeness (QED) is 0.347. The largest absolute Gasteiger partial charge is 0.465 e. The number of alkyl halides is 5. The van der Waals surface area contributed by atoms with Crippen LogP contribution in [0.15, 0.2) is 0 Å². The summed E-state index contributed by atoms with van der Waals surface area (Å²) in [6, 6.07) is 0. The van der Waals surface area contributed by atoms with Gasteiger partial charge in [0.15, 0.2) is 0 Å². The van der Waals surface area contributed by atoms with Gasteiger partial charge in [0.1, 0.15) is 6.61 Å². The van der Waals surface area contributed by atoms with Crippen LogP contribution >= 0.6 is 0 Å². The zero-order valence-electron chi connectivity index (χ0n) is 10.7. The molecule has 0 saturated heterocycles. The number of carbonyl (C=O) groups is 1. The molecule has 0 spiro atoms. The fraction of sp³-hybridized carbons (Fsp3) is 0.900. The second-order valence-electron chi connectivity index (χ2n) is 3.43. The molecular formula is C10H15F5O5. The number of halogens is 5. The van der Waals surface area contributed by atoms with Gasteiger partial charge in [0.05, 0.1) is 33.0 Å². The Balaban J connectivity index is 3.63. The Morgan fingerprint density at radius 3 is 1.75 bits per heavy atom. The Labute approximate surface area is 111 Å². The van der Waals surface area contributed by atoms with E-state index in [1.54, 1.807) is 0 Å². The van der Waals surface area contributed by atoms with Gasteiger partial charge in [0, 0.05) is 7.11 Å². The molecule has 0 rings (SSSR count). The molecule has 0 N–H and O–H groups in total. The molecule has 0 aromatic rings. The molecule has 10 heteroatoms. The van der Waals surface area contributed by atoms with Crippen molar-refractivity contribution in [3.63, 3.8) is 0 Å². The Bertz CT molecular complexity index is 282. The Hall–Kier alpha value is -1.00. The summed E-state index contributed by atoms with van der Waals surface area (Å²) in [6.07, 6.45) is -5.97. The van der Waals surface area contributed by atoms with Gasteiger partial charge in [-0.25, -0.2) is 4.79 Å². The number of esters is 1. The molecule has 0 radical (unpaired) electrons. The lowest BCUT2D eigenvalue weighted by Crippen LogP contribution is -2.45. The van der Waals surface area contributed by atoms with E-state index in [1.165, 1.54) is 7.11 Å². The van der Waals surface area contributed by atoms with Gasteiger partial charge in [-0.3, -0.25) is 0 Å². The van der Waals surface area contributed by atoms with Gasteiger partial charge >= 0.3 is 18.1 Å². The summed E-state index contributed by atoms with van der Waals surface area (Å²) in [6.45, 7) is -0.0143. The van der Waals surface area contributed by atoms with Gasteiger partial charge in [0.25, 0.3) is 0 Å². The molecular weight excluding hydrogens is 295 g/mol. The van der Waals surface area contributed by atoms with Crippen LogP contribution in [0.3, 0.4) is 0 Å². The van der Waals surface area contributed by atoms with E-state index in [9.17, 15) is 26.7 Å². The van der Waals surface area contributed by atoms with Crippen molar-refractivity contribution in [2.75, 3.05) is 46.8 Å². The van der Waals surface area contributed by atoms with Crippen molar-refractivity contribution >= 4 is 5.97 Å². The maximum atomic E-state index is 12.4. The summed E-state index contributed by atoms with van der Waals surface area (Å²) in [7, 11) is 1.49. The third kappa shape index (κ3) is 6.96. The van der Waals surface area contributed by atoms with Crippen LogP contribution in [-0.4, -0.2) is 64.8 Å². The normalized spacial score (nSPS) is 12.5. The summed E-state index contributed by atoms with van der Waals surface area (Å²) >= 11 is 0. The lowest BCUT2D eigenvalue weighted by atomic mass is 10.3. The van der Waals surface area contributed by atoms with Crippen molar-refractivity contribution in [1.82, 2.24) is 0 Å². The highest BCUT2D eigenvalue weighted by Gasteiger charge is 2.64. The SMILES string of the molecule is COCCOCCOCCOC(=O)C(F)(F)C(F)(F)F. The zero-order chi connectivity index (χ0) is 15.6. The summed E-state index contributed by atoms with van der Waals surface area (Å²) in [5.41, 5.74) is 0. The van der Waals surface area contributed by atoms with Gasteiger partial charge < -0.3 is 18.9 Å². The summed E-state index contributed by atoms with van der Waals surface area (Å²) < 4.78 is 78.3. The van der Waals surface area contributed by atoms with Gasteiger partial charge in [-0.15, -0.1) is 0 Å². The molecule has 0 heterocycles. The average Bonchev–Trinajstić information content (AvgIpc) is 2.35. The van der Waals surface area contributed by atoms with E-state index < -0.39 is 24.7 Å². The minimum atomic E-state index is -5.97. The molecule has 0 unspecified atom stereocenters. The fourth-order valence-corrected chi connectivity index (χ4v) is 0.864. The number of hydrogen-bond acceptors (Lipinski definition) is 5. The van der Waals surface area contributed by atoms with Crippen LogP contribution in [0.5, 0.6) is 0 Å². The zero-order valence-corrected chi connectivity index (χ0v) is 10.7. The summed E-state index contributed by atoms with van der Waals surface area (Å²) in [5.74, 6) is -8.17. The predicted octanol–water partition coefficient (Wildman–Crippen LogP) is 1.41. The smallest absolute Gasteiger partial charge is 0.459 e. The molecule has 0 bridgehead atoms. The highest BCUT2D eigenvalue weighted by Crippen LogP contribution is 2.36. The molecule has 120 valence electrons. The highest BCUT2D eigenvalue weighted by atomic mass is 19.4. The first-order valence-corrected chi connectivity index (χ1v) is 5.49. The molecule has 0 aliphatic carbocycles. The summed E-state index contributed by atoms with van der Waals surface area (Å²) in [5, 5.41) is 0. The number of hydrogen-bond donors (Lipinski definition) is 0. The Morgan fingerprint density at radius 1 is 0.850 bits per heavy atom. The lowest BCUT2D eigenvalue weighted by Gasteiger charge is -2.17. The van der Waals surface area contributed by atoms with E-state index in [0.717, 1.165) is 0 Å². The van der Waals surface area contributed by atoms with Gasteiger partial charge in [0.2, 0.25) is 0 Å². The van der Waals surface area contributed by atoms with Gasteiger partial charge in [-0.1, -0.05) is 0 Å². The standard InChI is InChI=1S/C10H15F5O5/c1-17-2-3-18-4-5-19-6-7-20-8(16)9(11,12)10(13,14)15/h2-7H2,1H3. The van der Waals surface area contributed by atoms with Crippen LogP contribution in [0.1, 0.15) is 0 Å². The van der Waals surface area contributed by atoms with Crippen LogP contribution in [0.4, 0.5) is 22.0 Å². The third-order valence-electron chi connectivity index (χ3n) is 1.88. The van der Waals surface area contributed by atoms with Crippen molar-refractivity contribution < 1.29 is 45.7 Å². The van der Waals surface area contributed by atoms with Crippen LogP contribution in [0, 0.1) is 0 Å². The Morgan fingerprint density at radius 2 is 1.30 bits per heavy atom. The lowest BCUT2D eigenvalue weighted by molar-refractivity contribution is -0.280. The van der Waals surface area contributed by atoms with E-state index in [-0.39, 0.29) is 19.8 Å². The Kier molecular flexibility index (Phi) is 8.58. The third-order valence-corrected chi connectivity index (χ3v) is 1.88. The predicted molar refractivity (Wildman–Crippen MR) is 55.5 cm³/mol. The molecule has 0 saturated carbocycles. The minimum absolute atomic E-state index is 0.0803. The maximum absolute atomic E-state index is 12.4. The summed E-state index contributed by atoms with van der Waals surface area (Å²) in [4.78, 5) is 10.5. The van der Waals surface area contributed by atoms with Crippen LogP contribution < -0.4 is 0 Å². The van der Waals surface area contributed by atoms with Crippen molar-refractivity contribution in [3.8, 4) is 0 Å². The van der Waals surface area contributed by atoms with E-state index in [4.69, 9.17) is 9.47 Å². The minimum Gasteiger partial charge on any atom is -0.459 e. The fourth-order valence-electron chi connectivity index (χ4n) is 0.864. The molecule has 0 aromatic carbocycles. The van der Waals surface area contributed by atoms with Gasteiger partial charge in [-0.2, -0.15) is 22.0 Å². The molecule has 0 aliphatic rings. The first-order valence-electron chi connectivity index (χ1n) is 5.49. The second-order valence-corrected chi connectivity index (χ2v) is 3.43. The van der Waals surface area contributed by atoms with E-state index in [1.807, 2.05) is 0 Å². The first kappa shape index (κ1) is 19.0. The van der Waals surface area contributed by atoms with E-state index in [2.05, 4.69) is 9.47 Å². The molecule has 0 fully saturated rings.